The van der Waals surface area contributed by atoms with Gasteiger partial charge in [-0.15, -0.1) is 0 Å². The molecule has 0 aliphatic carbocycles. The van der Waals surface area contributed by atoms with Crippen molar-refractivity contribution in [3.05, 3.63) is 0 Å². The SMILES string of the molecule is COC(=O)C1CN(C(=O)N[C@@H](C)C(=O)O)CCO1. The topological polar surface area (TPSA) is 105 Å². The van der Waals surface area contributed by atoms with E-state index in [1.807, 2.05) is 0 Å². The van der Waals surface area contributed by atoms with Gasteiger partial charge in [-0.25, -0.2) is 9.59 Å². The summed E-state index contributed by atoms with van der Waals surface area (Å²) in [6.45, 7) is 1.91. The molecule has 1 heterocycles. The largest absolute Gasteiger partial charge is 0.480 e. The van der Waals surface area contributed by atoms with Crippen LogP contribution < -0.4 is 5.32 Å². The summed E-state index contributed by atoms with van der Waals surface area (Å²) in [4.78, 5) is 34.9. The summed E-state index contributed by atoms with van der Waals surface area (Å²) in [6, 6.07) is -1.53. The van der Waals surface area contributed by atoms with Crippen LogP contribution in [0.1, 0.15) is 6.92 Å². The van der Waals surface area contributed by atoms with Crippen molar-refractivity contribution in [2.24, 2.45) is 0 Å². The number of hydrogen-bond acceptors (Lipinski definition) is 5. The zero-order valence-electron chi connectivity index (χ0n) is 10.2. The number of hydrogen-bond donors (Lipinski definition) is 2. The maximum absolute atomic E-state index is 11.7. The van der Waals surface area contributed by atoms with Crippen LogP contribution in [0.25, 0.3) is 0 Å². The first-order chi connectivity index (χ1) is 8.45. The average Bonchev–Trinajstić information content (AvgIpc) is 2.37. The van der Waals surface area contributed by atoms with Gasteiger partial charge < -0.3 is 24.8 Å². The van der Waals surface area contributed by atoms with Crippen molar-refractivity contribution in [2.75, 3.05) is 26.8 Å². The third kappa shape index (κ3) is 3.59. The van der Waals surface area contributed by atoms with E-state index in [1.165, 1.54) is 18.9 Å². The second-order valence-corrected chi connectivity index (χ2v) is 3.84. The van der Waals surface area contributed by atoms with E-state index in [0.717, 1.165) is 0 Å². The van der Waals surface area contributed by atoms with E-state index in [-0.39, 0.29) is 13.2 Å². The molecule has 0 spiro atoms. The van der Waals surface area contributed by atoms with Crippen LogP contribution >= 0.6 is 0 Å². The zero-order valence-corrected chi connectivity index (χ0v) is 10.2. The van der Waals surface area contributed by atoms with Crippen LogP contribution in [0.4, 0.5) is 4.79 Å². The third-order valence-electron chi connectivity index (χ3n) is 2.53. The van der Waals surface area contributed by atoms with Gasteiger partial charge in [-0.2, -0.15) is 0 Å². The number of urea groups is 1. The fraction of sp³-hybridized carbons (Fsp3) is 0.700. The summed E-state index contributed by atoms with van der Waals surface area (Å²) in [5.41, 5.74) is 0. The molecule has 1 fully saturated rings. The summed E-state index contributed by atoms with van der Waals surface area (Å²) in [6.07, 6.45) is -0.824. The van der Waals surface area contributed by atoms with E-state index in [0.29, 0.717) is 6.54 Å². The number of morpholine rings is 1. The molecule has 1 rings (SSSR count). The van der Waals surface area contributed by atoms with Crippen LogP contribution in [-0.2, 0) is 19.1 Å². The Morgan fingerprint density at radius 1 is 1.50 bits per heavy atom. The highest BCUT2D eigenvalue weighted by molar-refractivity contribution is 5.83. The van der Waals surface area contributed by atoms with Gasteiger partial charge in [0.15, 0.2) is 6.10 Å². The Bertz CT molecular complexity index is 345. The number of esters is 1. The molecule has 1 aliphatic rings. The van der Waals surface area contributed by atoms with Crippen molar-refractivity contribution in [3.63, 3.8) is 0 Å². The summed E-state index contributed by atoms with van der Waals surface area (Å²) in [5.74, 6) is -1.68. The number of methoxy groups -OCH3 is 1. The number of nitrogens with zero attached hydrogens (tertiary/aromatic N) is 1. The molecule has 2 amide bonds. The number of carbonyl (C=O) groups excluding carboxylic acids is 2. The van der Waals surface area contributed by atoms with Gasteiger partial charge in [-0.3, -0.25) is 4.79 Å². The van der Waals surface area contributed by atoms with Gasteiger partial charge in [-0.05, 0) is 6.92 Å². The maximum Gasteiger partial charge on any atom is 0.336 e. The molecule has 1 unspecified atom stereocenters. The Labute approximate surface area is 104 Å². The van der Waals surface area contributed by atoms with E-state index >= 15 is 0 Å². The highest BCUT2D eigenvalue weighted by atomic mass is 16.6. The predicted molar refractivity (Wildman–Crippen MR) is 59.0 cm³/mol. The molecular formula is C10H16N2O6. The van der Waals surface area contributed by atoms with E-state index in [1.54, 1.807) is 0 Å². The van der Waals surface area contributed by atoms with Gasteiger partial charge >= 0.3 is 18.0 Å². The number of amides is 2. The second kappa shape index (κ2) is 6.20. The van der Waals surface area contributed by atoms with Crippen molar-refractivity contribution >= 4 is 18.0 Å². The number of rotatable bonds is 3. The Morgan fingerprint density at radius 3 is 2.72 bits per heavy atom. The fourth-order valence-electron chi connectivity index (χ4n) is 1.45. The predicted octanol–water partition coefficient (Wildman–Crippen LogP) is -0.957. The Morgan fingerprint density at radius 2 is 2.17 bits per heavy atom. The highest BCUT2D eigenvalue weighted by Gasteiger charge is 2.30. The molecule has 8 nitrogen and oxygen atoms in total. The standard InChI is InChI=1S/C10H16N2O6/c1-6(8(13)14)11-10(16)12-3-4-18-7(5-12)9(15)17-2/h6-7H,3-5H2,1-2H3,(H,11,16)(H,13,14)/t6-,7?/m0/s1. The van der Waals surface area contributed by atoms with Crippen LogP contribution in [-0.4, -0.2) is 66.9 Å². The number of carboxylic acids is 1. The van der Waals surface area contributed by atoms with Gasteiger partial charge in [0.1, 0.15) is 6.04 Å². The van der Waals surface area contributed by atoms with Crippen LogP contribution in [0, 0.1) is 0 Å². The molecule has 0 saturated carbocycles. The first-order valence-electron chi connectivity index (χ1n) is 5.43. The zero-order chi connectivity index (χ0) is 13.7. The average molecular weight is 260 g/mol. The molecule has 1 saturated heterocycles. The molecule has 0 aromatic rings. The third-order valence-corrected chi connectivity index (χ3v) is 2.53. The van der Waals surface area contributed by atoms with E-state index in [9.17, 15) is 14.4 Å². The number of carboxylic acid groups (broad SMARTS) is 1. The van der Waals surface area contributed by atoms with Gasteiger partial charge in [0.2, 0.25) is 0 Å². The molecule has 0 bridgehead atoms. The molecule has 0 aromatic carbocycles. The maximum atomic E-state index is 11.7. The van der Waals surface area contributed by atoms with E-state index < -0.39 is 30.1 Å². The lowest BCUT2D eigenvalue weighted by Gasteiger charge is -2.31. The lowest BCUT2D eigenvalue weighted by molar-refractivity contribution is -0.158. The Balaban J connectivity index is 2.53. The van der Waals surface area contributed by atoms with Crippen molar-refractivity contribution in [3.8, 4) is 0 Å². The second-order valence-electron chi connectivity index (χ2n) is 3.84. The lowest BCUT2D eigenvalue weighted by atomic mass is 10.3. The smallest absolute Gasteiger partial charge is 0.336 e. The van der Waals surface area contributed by atoms with Crippen molar-refractivity contribution < 1.29 is 29.0 Å². The van der Waals surface area contributed by atoms with Gasteiger partial charge in [0, 0.05) is 6.54 Å². The summed E-state index contributed by atoms with van der Waals surface area (Å²) >= 11 is 0. The van der Waals surface area contributed by atoms with Crippen LogP contribution in [0.5, 0.6) is 0 Å². The minimum atomic E-state index is -1.12. The minimum absolute atomic E-state index is 0.0465. The van der Waals surface area contributed by atoms with Gasteiger partial charge in [0.05, 0.1) is 20.3 Å². The van der Waals surface area contributed by atoms with Crippen molar-refractivity contribution in [1.82, 2.24) is 10.2 Å². The van der Waals surface area contributed by atoms with Crippen LogP contribution in [0.2, 0.25) is 0 Å². The van der Waals surface area contributed by atoms with E-state index in [2.05, 4.69) is 10.1 Å². The van der Waals surface area contributed by atoms with E-state index in [4.69, 9.17) is 9.84 Å². The molecule has 2 atom stereocenters. The lowest BCUT2D eigenvalue weighted by Crippen LogP contribution is -2.54. The number of aliphatic carboxylic acids is 1. The Kier molecular flexibility index (Phi) is 4.90. The van der Waals surface area contributed by atoms with Crippen molar-refractivity contribution in [2.45, 2.75) is 19.1 Å². The molecule has 0 radical (unpaired) electrons. The molecule has 0 aromatic heterocycles. The molecule has 2 N–H and O–H groups in total. The normalized spacial score (nSPS) is 21.0. The summed E-state index contributed by atoms with van der Waals surface area (Å²) in [7, 11) is 1.23. The molecular weight excluding hydrogens is 244 g/mol. The molecule has 18 heavy (non-hydrogen) atoms. The number of ether oxygens (including phenoxy) is 2. The van der Waals surface area contributed by atoms with Gasteiger partial charge in [0.25, 0.3) is 0 Å². The monoisotopic (exact) mass is 260 g/mol. The quantitative estimate of drug-likeness (QED) is 0.633. The van der Waals surface area contributed by atoms with Gasteiger partial charge in [-0.1, -0.05) is 0 Å². The van der Waals surface area contributed by atoms with Crippen LogP contribution in [0.15, 0.2) is 0 Å². The Hall–Kier alpha value is -1.83. The van der Waals surface area contributed by atoms with Crippen LogP contribution in [0.3, 0.4) is 0 Å². The summed E-state index contributed by atoms with van der Waals surface area (Å²) in [5, 5.41) is 11.0. The fourth-order valence-corrected chi connectivity index (χ4v) is 1.45. The first kappa shape index (κ1) is 14.2. The molecule has 1 aliphatic heterocycles. The minimum Gasteiger partial charge on any atom is -0.480 e. The number of nitrogens with one attached hydrogen (secondary N) is 1. The van der Waals surface area contributed by atoms with Crippen molar-refractivity contribution in [1.29, 1.82) is 0 Å². The first-order valence-corrected chi connectivity index (χ1v) is 5.43. The highest BCUT2D eigenvalue weighted by Crippen LogP contribution is 2.07. The number of carbonyl (C=O) groups is 3. The molecule has 102 valence electrons. The molecule has 8 heteroatoms. The summed E-state index contributed by atoms with van der Waals surface area (Å²) < 4.78 is 9.67.